The fourth-order valence-electron chi connectivity index (χ4n) is 5.65. The van der Waals surface area contributed by atoms with Crippen LogP contribution < -0.4 is 9.46 Å². The first-order valence-electron chi connectivity index (χ1n) is 11.7. The van der Waals surface area contributed by atoms with Crippen LogP contribution in [-0.2, 0) is 24.6 Å². The zero-order valence-electron chi connectivity index (χ0n) is 19.5. The molecule has 0 radical (unpaired) electrons. The standard InChI is InChI=1S/C26H24ClF2NO5S2/c27-18-8-10-19(11-9-18)36(31,32)26-14-4-5-17(15-30-37(33,34)20-6-2-1-3-7-20)21(26)16-35-25-23(29)13-12-22(28)24(25)26/h1-3,6-13,17,21,30H,4-5,14-16H2/t17-,21-,26-/m0/s1. The van der Waals surface area contributed by atoms with Crippen molar-refractivity contribution in [3.05, 3.63) is 89.0 Å². The van der Waals surface area contributed by atoms with Gasteiger partial charge in [-0.1, -0.05) is 36.2 Å². The van der Waals surface area contributed by atoms with Crippen molar-refractivity contribution < 1.29 is 30.4 Å². The highest BCUT2D eigenvalue weighted by Gasteiger charge is 2.60. The first-order valence-corrected chi connectivity index (χ1v) is 15.1. The SMILES string of the molecule is O=S(=O)(NC[C@@H]1CCC[C@@]2(S(=O)(=O)c3ccc(Cl)cc3)c3c(F)ccc(F)c3OC[C@@H]12)c1ccccc1. The summed E-state index contributed by atoms with van der Waals surface area (Å²) in [7, 11) is -8.19. The predicted molar refractivity (Wildman–Crippen MR) is 135 cm³/mol. The van der Waals surface area contributed by atoms with Crippen LogP contribution in [-0.4, -0.2) is 30.0 Å². The molecule has 196 valence electrons. The summed E-state index contributed by atoms with van der Waals surface area (Å²) < 4.78 is 91.0. The van der Waals surface area contributed by atoms with E-state index < -0.39 is 53.8 Å². The summed E-state index contributed by atoms with van der Waals surface area (Å²) in [6.07, 6.45) is 0.868. The molecule has 0 amide bonds. The first kappa shape index (κ1) is 26.1. The fourth-order valence-corrected chi connectivity index (χ4v) is 9.34. The molecule has 0 aromatic heterocycles. The molecule has 1 saturated carbocycles. The van der Waals surface area contributed by atoms with Crippen LogP contribution in [0.4, 0.5) is 8.78 Å². The summed E-state index contributed by atoms with van der Waals surface area (Å²) in [4.78, 5) is -0.00635. The third-order valence-corrected chi connectivity index (χ3v) is 11.6. The van der Waals surface area contributed by atoms with Crippen molar-refractivity contribution in [3.63, 3.8) is 0 Å². The lowest BCUT2D eigenvalue weighted by Gasteiger charge is -2.50. The summed E-state index contributed by atoms with van der Waals surface area (Å²) in [6.45, 7) is -0.298. The van der Waals surface area contributed by atoms with Gasteiger partial charge in [-0.05, 0) is 67.3 Å². The zero-order chi connectivity index (χ0) is 26.4. The normalized spacial score (nSPS) is 23.5. The number of halogens is 3. The van der Waals surface area contributed by atoms with E-state index in [1.807, 2.05) is 0 Å². The van der Waals surface area contributed by atoms with Crippen molar-refractivity contribution in [1.29, 1.82) is 0 Å². The van der Waals surface area contributed by atoms with Gasteiger partial charge in [0.15, 0.2) is 21.4 Å². The maximum atomic E-state index is 15.5. The van der Waals surface area contributed by atoms with E-state index in [0.29, 0.717) is 17.9 Å². The lowest BCUT2D eigenvalue weighted by Crippen LogP contribution is -2.55. The van der Waals surface area contributed by atoms with E-state index in [9.17, 15) is 21.2 Å². The number of ether oxygens (including phenoxy) is 1. The van der Waals surface area contributed by atoms with Gasteiger partial charge in [0.1, 0.15) is 10.6 Å². The van der Waals surface area contributed by atoms with E-state index in [1.165, 1.54) is 36.4 Å². The predicted octanol–water partition coefficient (Wildman–Crippen LogP) is 5.07. The Labute approximate surface area is 219 Å². The Hall–Kier alpha value is -2.53. The lowest BCUT2D eigenvalue weighted by molar-refractivity contribution is 0.0771. The Kier molecular flexibility index (Phi) is 6.81. The van der Waals surface area contributed by atoms with Crippen LogP contribution in [0.3, 0.4) is 0 Å². The Morgan fingerprint density at radius 1 is 0.919 bits per heavy atom. The quantitative estimate of drug-likeness (QED) is 0.449. The van der Waals surface area contributed by atoms with Crippen molar-refractivity contribution in [2.75, 3.05) is 13.2 Å². The van der Waals surface area contributed by atoms with Crippen molar-refractivity contribution in [1.82, 2.24) is 4.72 Å². The van der Waals surface area contributed by atoms with Crippen LogP contribution in [0.2, 0.25) is 5.02 Å². The van der Waals surface area contributed by atoms with Crippen molar-refractivity contribution >= 4 is 31.5 Å². The van der Waals surface area contributed by atoms with Gasteiger partial charge in [-0.15, -0.1) is 0 Å². The van der Waals surface area contributed by atoms with Gasteiger partial charge >= 0.3 is 0 Å². The molecule has 1 fully saturated rings. The van der Waals surface area contributed by atoms with Crippen molar-refractivity contribution in [3.8, 4) is 5.75 Å². The summed E-state index contributed by atoms with van der Waals surface area (Å²) in [6, 6.07) is 15.2. The minimum Gasteiger partial charge on any atom is -0.490 e. The number of nitrogens with one attached hydrogen (secondary N) is 1. The number of hydrogen-bond donors (Lipinski definition) is 1. The first-order chi connectivity index (χ1) is 17.6. The number of rotatable bonds is 6. The molecule has 5 rings (SSSR count). The zero-order valence-corrected chi connectivity index (χ0v) is 21.9. The number of benzene rings is 3. The molecule has 1 aliphatic heterocycles. The van der Waals surface area contributed by atoms with E-state index in [4.69, 9.17) is 16.3 Å². The van der Waals surface area contributed by atoms with E-state index >= 15 is 4.39 Å². The highest BCUT2D eigenvalue weighted by Crippen LogP contribution is 2.58. The maximum Gasteiger partial charge on any atom is 0.240 e. The summed E-state index contributed by atoms with van der Waals surface area (Å²) in [5.74, 6) is -3.52. The van der Waals surface area contributed by atoms with E-state index in [2.05, 4.69) is 4.72 Å². The monoisotopic (exact) mass is 567 g/mol. The second kappa shape index (κ2) is 9.65. The van der Waals surface area contributed by atoms with Crippen LogP contribution in [0.25, 0.3) is 0 Å². The fraction of sp³-hybridized carbons (Fsp3) is 0.308. The van der Waals surface area contributed by atoms with Gasteiger partial charge < -0.3 is 4.74 Å². The third-order valence-electron chi connectivity index (χ3n) is 7.37. The molecule has 0 saturated heterocycles. The highest BCUT2D eigenvalue weighted by atomic mass is 35.5. The van der Waals surface area contributed by atoms with Gasteiger partial charge in [-0.3, -0.25) is 0 Å². The molecule has 37 heavy (non-hydrogen) atoms. The molecular formula is C26H24ClF2NO5S2. The van der Waals surface area contributed by atoms with Crippen molar-refractivity contribution in [2.24, 2.45) is 11.8 Å². The molecular weight excluding hydrogens is 544 g/mol. The van der Waals surface area contributed by atoms with E-state index in [-0.39, 0.29) is 34.9 Å². The minimum absolute atomic E-state index is 0.0291. The van der Waals surface area contributed by atoms with Crippen LogP contribution in [0.5, 0.6) is 5.75 Å². The minimum atomic E-state index is -4.31. The average Bonchev–Trinajstić information content (AvgIpc) is 2.89. The molecule has 1 aliphatic carbocycles. The Morgan fingerprint density at radius 3 is 2.30 bits per heavy atom. The molecule has 0 bridgehead atoms. The number of fused-ring (bicyclic) bond motifs is 3. The molecule has 1 heterocycles. The molecule has 3 aromatic rings. The summed E-state index contributed by atoms with van der Waals surface area (Å²) >= 11 is 5.98. The second-order valence-electron chi connectivity index (χ2n) is 9.31. The van der Waals surface area contributed by atoms with Crippen LogP contribution in [0.15, 0.2) is 76.5 Å². The molecule has 6 nitrogen and oxygen atoms in total. The Morgan fingerprint density at radius 2 is 1.59 bits per heavy atom. The lowest BCUT2D eigenvalue weighted by atomic mass is 9.67. The van der Waals surface area contributed by atoms with Crippen LogP contribution in [0.1, 0.15) is 24.8 Å². The Bertz CT molecular complexity index is 1530. The van der Waals surface area contributed by atoms with E-state index in [0.717, 1.165) is 12.1 Å². The van der Waals surface area contributed by atoms with Gasteiger partial charge in [0.2, 0.25) is 10.0 Å². The smallest absolute Gasteiger partial charge is 0.240 e. The van der Waals surface area contributed by atoms with Gasteiger partial charge in [0.05, 0.1) is 22.0 Å². The molecule has 0 spiro atoms. The van der Waals surface area contributed by atoms with Gasteiger partial charge in [-0.2, -0.15) is 0 Å². The summed E-state index contributed by atoms with van der Waals surface area (Å²) in [5.41, 5.74) is -0.339. The number of sulfone groups is 1. The largest absolute Gasteiger partial charge is 0.490 e. The van der Waals surface area contributed by atoms with Gasteiger partial charge in [0.25, 0.3) is 0 Å². The maximum absolute atomic E-state index is 15.5. The van der Waals surface area contributed by atoms with Gasteiger partial charge in [0, 0.05) is 17.5 Å². The molecule has 2 aliphatic rings. The molecule has 11 heteroatoms. The average molecular weight is 568 g/mol. The van der Waals surface area contributed by atoms with Crippen LogP contribution >= 0.6 is 11.6 Å². The molecule has 0 unspecified atom stereocenters. The Balaban J connectivity index is 1.62. The topological polar surface area (TPSA) is 89.5 Å². The van der Waals surface area contributed by atoms with Crippen LogP contribution in [0, 0.1) is 23.5 Å². The molecule has 3 aromatic carbocycles. The van der Waals surface area contributed by atoms with E-state index in [1.54, 1.807) is 18.2 Å². The summed E-state index contributed by atoms with van der Waals surface area (Å²) in [5, 5.41) is 0.328. The second-order valence-corrected chi connectivity index (χ2v) is 13.7. The third kappa shape index (κ3) is 4.33. The number of hydrogen-bond acceptors (Lipinski definition) is 5. The molecule has 3 atom stereocenters. The van der Waals surface area contributed by atoms with Crippen molar-refractivity contribution in [2.45, 2.75) is 33.8 Å². The highest BCUT2D eigenvalue weighted by molar-refractivity contribution is 7.92. The molecule has 1 N–H and O–H groups in total. The number of sulfonamides is 1. The van der Waals surface area contributed by atoms with Gasteiger partial charge in [-0.25, -0.2) is 30.3 Å².